The SMILES string of the molecule is CC(C)(C)c1ccc2[nH]c3cc(C#N)c4c(c3c2c1)C1c2ccccc2C4c2ccccc21. The summed E-state index contributed by atoms with van der Waals surface area (Å²) in [7, 11) is 0. The maximum Gasteiger partial charge on any atom is 0.0995 e. The second-order valence-corrected chi connectivity index (χ2v) is 10.5. The number of hydrogen-bond acceptors (Lipinski definition) is 1. The highest BCUT2D eigenvalue weighted by Gasteiger charge is 2.43. The van der Waals surface area contributed by atoms with Gasteiger partial charge in [-0.3, -0.25) is 0 Å². The number of hydrogen-bond donors (Lipinski definition) is 1. The van der Waals surface area contributed by atoms with Crippen LogP contribution in [0.2, 0.25) is 0 Å². The molecule has 3 aliphatic rings. The molecule has 1 heterocycles. The van der Waals surface area contributed by atoms with Crippen molar-refractivity contribution in [1.82, 2.24) is 4.98 Å². The van der Waals surface area contributed by atoms with Gasteiger partial charge in [0.15, 0.2) is 0 Å². The van der Waals surface area contributed by atoms with Crippen molar-refractivity contribution in [2.45, 2.75) is 38.0 Å². The van der Waals surface area contributed by atoms with Gasteiger partial charge in [-0.15, -0.1) is 0 Å². The van der Waals surface area contributed by atoms with E-state index < -0.39 is 0 Å². The van der Waals surface area contributed by atoms with Crippen molar-refractivity contribution in [3.8, 4) is 6.07 Å². The Balaban J connectivity index is 1.68. The van der Waals surface area contributed by atoms with E-state index in [0.29, 0.717) is 0 Å². The summed E-state index contributed by atoms with van der Waals surface area (Å²) in [5.41, 5.74) is 12.4. The zero-order valence-corrected chi connectivity index (χ0v) is 19.0. The van der Waals surface area contributed by atoms with Crippen molar-refractivity contribution in [2.75, 3.05) is 0 Å². The van der Waals surface area contributed by atoms with Gasteiger partial charge in [0, 0.05) is 33.6 Å². The Morgan fingerprint density at radius 3 is 1.85 bits per heavy atom. The Bertz CT molecular complexity index is 1620. The van der Waals surface area contributed by atoms with Crippen LogP contribution in [-0.2, 0) is 5.41 Å². The second kappa shape index (κ2) is 6.15. The van der Waals surface area contributed by atoms with E-state index in [1.54, 1.807) is 0 Å². The predicted octanol–water partition coefficient (Wildman–Crippen LogP) is 7.48. The Labute approximate surface area is 193 Å². The van der Waals surface area contributed by atoms with Crippen LogP contribution in [0.3, 0.4) is 0 Å². The monoisotopic (exact) mass is 424 g/mol. The summed E-state index contributed by atoms with van der Waals surface area (Å²) in [6, 6.07) is 29.1. The van der Waals surface area contributed by atoms with Crippen LogP contribution in [0, 0.1) is 11.3 Å². The third-order valence-corrected chi connectivity index (χ3v) is 7.77. The van der Waals surface area contributed by atoms with E-state index in [1.807, 2.05) is 0 Å². The molecular weight excluding hydrogens is 400 g/mol. The first-order chi connectivity index (χ1) is 16.0. The molecule has 158 valence electrons. The molecule has 2 heteroatoms. The number of nitrogens with zero attached hydrogens (tertiary/aromatic N) is 1. The van der Waals surface area contributed by atoms with Gasteiger partial charge in [0.05, 0.1) is 11.6 Å². The summed E-state index contributed by atoms with van der Waals surface area (Å²) < 4.78 is 0. The number of aromatic nitrogens is 1. The van der Waals surface area contributed by atoms with E-state index >= 15 is 0 Å². The average Bonchev–Trinajstić information content (AvgIpc) is 3.20. The van der Waals surface area contributed by atoms with E-state index in [9.17, 15) is 5.26 Å². The first-order valence-corrected chi connectivity index (χ1v) is 11.7. The van der Waals surface area contributed by atoms with Crippen molar-refractivity contribution in [1.29, 1.82) is 5.26 Å². The fraction of sp³-hybridized carbons (Fsp3) is 0.194. The Hall–Kier alpha value is -3.83. The summed E-state index contributed by atoms with van der Waals surface area (Å²) >= 11 is 0. The minimum absolute atomic E-state index is 0.0721. The van der Waals surface area contributed by atoms with E-state index in [2.05, 4.69) is 105 Å². The fourth-order valence-electron chi connectivity index (χ4n) is 6.31. The minimum atomic E-state index is 0.0721. The molecule has 2 bridgehead atoms. The number of fused-ring (bicyclic) bond motifs is 3. The van der Waals surface area contributed by atoms with Crippen LogP contribution in [0.4, 0.5) is 0 Å². The smallest absolute Gasteiger partial charge is 0.0995 e. The molecule has 8 rings (SSSR count). The summed E-state index contributed by atoms with van der Waals surface area (Å²) in [5.74, 6) is 0.248. The zero-order valence-electron chi connectivity index (χ0n) is 19.0. The molecule has 2 nitrogen and oxygen atoms in total. The van der Waals surface area contributed by atoms with E-state index in [4.69, 9.17) is 0 Å². The Morgan fingerprint density at radius 2 is 1.30 bits per heavy atom. The molecule has 0 radical (unpaired) electrons. The molecule has 0 saturated heterocycles. The van der Waals surface area contributed by atoms with Gasteiger partial charge in [0.25, 0.3) is 0 Å². The van der Waals surface area contributed by atoms with Gasteiger partial charge in [-0.2, -0.15) is 5.26 Å². The molecule has 0 spiro atoms. The third kappa shape index (κ3) is 2.32. The normalized spacial score (nSPS) is 18.1. The molecule has 3 aliphatic carbocycles. The summed E-state index contributed by atoms with van der Waals surface area (Å²) in [6.07, 6.45) is 0. The Kier molecular flexibility index (Phi) is 3.49. The molecule has 5 aromatic rings. The van der Waals surface area contributed by atoms with Gasteiger partial charge >= 0.3 is 0 Å². The zero-order chi connectivity index (χ0) is 22.5. The molecule has 0 amide bonds. The first-order valence-electron chi connectivity index (χ1n) is 11.7. The van der Waals surface area contributed by atoms with Crippen LogP contribution in [0.15, 0.2) is 72.8 Å². The van der Waals surface area contributed by atoms with Gasteiger partial charge in [-0.05, 0) is 62.6 Å². The molecule has 0 aliphatic heterocycles. The highest BCUT2D eigenvalue weighted by atomic mass is 14.7. The number of aromatic amines is 1. The molecule has 0 fully saturated rings. The van der Waals surface area contributed by atoms with Crippen molar-refractivity contribution >= 4 is 21.8 Å². The van der Waals surface area contributed by atoms with Crippen molar-refractivity contribution in [2.24, 2.45) is 0 Å². The number of nitriles is 1. The van der Waals surface area contributed by atoms with Crippen LogP contribution in [0.5, 0.6) is 0 Å². The van der Waals surface area contributed by atoms with Gasteiger partial charge in [-0.25, -0.2) is 0 Å². The van der Waals surface area contributed by atoms with E-state index in [-0.39, 0.29) is 17.3 Å². The standard InChI is InChI=1S/C31H24N2/c1-31(2,3)18-12-13-24-23(15-18)29-25(33-24)14-17(16-32)26-27-19-8-4-6-10-21(19)28(30(26)29)22-11-7-5-9-20(22)27/h4-15,27-28,33H,1-3H3. The van der Waals surface area contributed by atoms with Crippen LogP contribution >= 0.6 is 0 Å². The summed E-state index contributed by atoms with van der Waals surface area (Å²) in [5, 5.41) is 12.8. The van der Waals surface area contributed by atoms with E-state index in [0.717, 1.165) is 16.6 Å². The second-order valence-electron chi connectivity index (χ2n) is 10.5. The lowest BCUT2D eigenvalue weighted by Gasteiger charge is -2.43. The van der Waals surface area contributed by atoms with Crippen molar-refractivity contribution < 1.29 is 0 Å². The highest BCUT2D eigenvalue weighted by Crippen LogP contribution is 2.58. The molecule has 0 saturated carbocycles. The number of rotatable bonds is 0. The van der Waals surface area contributed by atoms with Crippen LogP contribution in [-0.4, -0.2) is 4.98 Å². The quantitative estimate of drug-likeness (QED) is 0.269. The topological polar surface area (TPSA) is 39.6 Å². The molecule has 1 aromatic heterocycles. The lowest BCUT2D eigenvalue weighted by Crippen LogP contribution is -2.28. The summed E-state index contributed by atoms with van der Waals surface area (Å²) in [6.45, 7) is 6.79. The third-order valence-electron chi connectivity index (χ3n) is 7.77. The average molecular weight is 425 g/mol. The molecule has 0 unspecified atom stereocenters. The molecule has 4 aromatic carbocycles. The van der Waals surface area contributed by atoms with Gasteiger partial charge in [0.1, 0.15) is 0 Å². The lowest BCUT2D eigenvalue weighted by molar-refractivity contribution is 0.591. The van der Waals surface area contributed by atoms with Crippen LogP contribution < -0.4 is 0 Å². The van der Waals surface area contributed by atoms with Crippen LogP contribution in [0.1, 0.15) is 77.1 Å². The maximum absolute atomic E-state index is 10.2. The molecular formula is C31H24N2. The van der Waals surface area contributed by atoms with Crippen molar-refractivity contribution in [3.63, 3.8) is 0 Å². The predicted molar refractivity (Wildman–Crippen MR) is 134 cm³/mol. The number of benzene rings is 4. The number of nitrogens with one attached hydrogen (secondary N) is 1. The van der Waals surface area contributed by atoms with Crippen molar-refractivity contribution in [3.05, 3.63) is 117 Å². The van der Waals surface area contributed by atoms with Crippen LogP contribution in [0.25, 0.3) is 21.8 Å². The molecule has 33 heavy (non-hydrogen) atoms. The summed E-state index contributed by atoms with van der Waals surface area (Å²) in [4.78, 5) is 3.64. The van der Waals surface area contributed by atoms with Gasteiger partial charge in [-0.1, -0.05) is 75.4 Å². The molecule has 0 atom stereocenters. The fourth-order valence-corrected chi connectivity index (χ4v) is 6.31. The first kappa shape index (κ1) is 18.7. The Morgan fingerprint density at radius 1 is 0.727 bits per heavy atom. The largest absolute Gasteiger partial charge is 0.354 e. The maximum atomic E-state index is 10.2. The van der Waals surface area contributed by atoms with E-state index in [1.165, 1.54) is 49.7 Å². The molecule has 1 N–H and O–H groups in total. The highest BCUT2D eigenvalue weighted by molar-refractivity contribution is 6.11. The minimum Gasteiger partial charge on any atom is -0.354 e. The van der Waals surface area contributed by atoms with Gasteiger partial charge < -0.3 is 4.98 Å². The lowest BCUT2D eigenvalue weighted by atomic mass is 9.59. The number of H-pyrrole nitrogens is 1. The van der Waals surface area contributed by atoms with Gasteiger partial charge in [0.2, 0.25) is 0 Å².